The summed E-state index contributed by atoms with van der Waals surface area (Å²) in [5, 5.41) is 13.8. The van der Waals surface area contributed by atoms with E-state index in [0.717, 1.165) is 12.1 Å². The molecule has 3 aromatic rings. The number of piperidine rings is 1. The normalized spacial score (nSPS) is 19.5. The largest absolute Gasteiger partial charge is 0.322 e. The van der Waals surface area contributed by atoms with Crippen LogP contribution in [0, 0.1) is 16.0 Å². The van der Waals surface area contributed by atoms with Crippen LogP contribution in [-0.4, -0.2) is 41.2 Å². The molecule has 5 rings (SSSR count). The molecule has 10 nitrogen and oxygen atoms in total. The number of pyridine rings is 1. The van der Waals surface area contributed by atoms with Crippen LogP contribution in [0.15, 0.2) is 76.4 Å². The summed E-state index contributed by atoms with van der Waals surface area (Å²) < 4.78 is 29.9. The van der Waals surface area contributed by atoms with Crippen LogP contribution in [-0.2, 0) is 16.6 Å². The molecule has 1 fully saturated rings. The molecule has 11 heteroatoms. The number of hydrogen-bond donors (Lipinski definition) is 1. The van der Waals surface area contributed by atoms with Gasteiger partial charge in [0.2, 0.25) is 10.0 Å². The van der Waals surface area contributed by atoms with Crippen LogP contribution >= 0.6 is 0 Å². The van der Waals surface area contributed by atoms with Gasteiger partial charge in [0.1, 0.15) is 5.56 Å². The molecular weight excluding hydrogens is 472 g/mol. The van der Waals surface area contributed by atoms with Crippen LogP contribution in [0.2, 0.25) is 0 Å². The molecule has 2 aromatic carbocycles. The van der Waals surface area contributed by atoms with Crippen molar-refractivity contribution < 1.29 is 18.1 Å². The molecule has 0 radical (unpaired) electrons. The topological polar surface area (TPSA) is 132 Å². The molecule has 180 valence electrons. The molecule has 2 bridgehead atoms. The lowest BCUT2D eigenvalue weighted by molar-refractivity contribution is -0.385. The van der Waals surface area contributed by atoms with Crippen molar-refractivity contribution in [3.05, 3.63) is 98.5 Å². The highest BCUT2D eigenvalue weighted by Crippen LogP contribution is 2.37. The molecule has 2 aliphatic heterocycles. The first-order chi connectivity index (χ1) is 16.7. The van der Waals surface area contributed by atoms with E-state index in [0.29, 0.717) is 25.3 Å². The maximum Gasteiger partial charge on any atom is 0.282 e. The van der Waals surface area contributed by atoms with Gasteiger partial charge in [0.05, 0.1) is 9.82 Å². The third-order valence-corrected chi connectivity index (χ3v) is 8.39. The van der Waals surface area contributed by atoms with Gasteiger partial charge in [-0.1, -0.05) is 18.2 Å². The number of fused-ring (bicyclic) bond motifs is 4. The van der Waals surface area contributed by atoms with Gasteiger partial charge in [-0.3, -0.25) is 19.7 Å². The summed E-state index contributed by atoms with van der Waals surface area (Å²) in [6, 6.07) is 16.4. The Bertz CT molecular complexity index is 1480. The van der Waals surface area contributed by atoms with E-state index in [4.69, 9.17) is 0 Å². The van der Waals surface area contributed by atoms with Gasteiger partial charge in [-0.25, -0.2) is 8.42 Å². The summed E-state index contributed by atoms with van der Waals surface area (Å²) in [6.45, 7) is 1.11. The third kappa shape index (κ3) is 4.24. The van der Waals surface area contributed by atoms with Crippen molar-refractivity contribution in [2.45, 2.75) is 23.8 Å². The molecular formula is C24H22N4O6S. The number of aromatic nitrogens is 1. The number of carbonyl (C=O) groups excluding carboxylic acids is 1. The van der Waals surface area contributed by atoms with Gasteiger partial charge >= 0.3 is 0 Å². The standard InChI is InChI=1S/C24H22N4O6S/c29-23-7-3-6-21-17-12-16(14-27(21)23)13-26(15-17)35(33,34)19-10-8-18(9-11-19)25-24(30)20-4-1-2-5-22(20)28(31)32/h1-11,16-17H,12-15H2,(H,25,30). The van der Waals surface area contributed by atoms with Gasteiger partial charge in [-0.15, -0.1) is 0 Å². The van der Waals surface area contributed by atoms with Crippen LogP contribution in [0.3, 0.4) is 0 Å². The Balaban J connectivity index is 1.34. The zero-order valence-electron chi connectivity index (χ0n) is 18.5. The molecule has 2 atom stereocenters. The van der Waals surface area contributed by atoms with Gasteiger partial charge in [0.15, 0.2) is 0 Å². The van der Waals surface area contributed by atoms with Crippen LogP contribution in [0.4, 0.5) is 11.4 Å². The second-order valence-corrected chi connectivity index (χ2v) is 10.7. The predicted octanol–water partition coefficient (Wildman–Crippen LogP) is 2.82. The second kappa shape index (κ2) is 8.75. The van der Waals surface area contributed by atoms with Crippen LogP contribution in [0.5, 0.6) is 0 Å². The number of nitrogens with one attached hydrogen (secondary N) is 1. The average molecular weight is 495 g/mol. The number of anilines is 1. The van der Waals surface area contributed by atoms with Crippen molar-refractivity contribution in [2.24, 2.45) is 5.92 Å². The van der Waals surface area contributed by atoms with E-state index in [-0.39, 0.29) is 33.5 Å². The molecule has 2 unspecified atom stereocenters. The number of rotatable bonds is 5. The number of nitro groups is 1. The number of amides is 1. The van der Waals surface area contributed by atoms with E-state index in [1.807, 2.05) is 6.07 Å². The van der Waals surface area contributed by atoms with Gasteiger partial charge in [0.25, 0.3) is 17.2 Å². The zero-order chi connectivity index (χ0) is 24.7. The van der Waals surface area contributed by atoms with Crippen molar-refractivity contribution in [1.29, 1.82) is 0 Å². The Morgan fingerprint density at radius 3 is 2.46 bits per heavy atom. The highest BCUT2D eigenvalue weighted by atomic mass is 32.2. The number of carbonyl (C=O) groups is 1. The quantitative estimate of drug-likeness (QED) is 0.429. The second-order valence-electron chi connectivity index (χ2n) is 8.77. The highest BCUT2D eigenvalue weighted by Gasteiger charge is 2.39. The fourth-order valence-electron chi connectivity index (χ4n) is 4.93. The fourth-order valence-corrected chi connectivity index (χ4v) is 6.49. The summed E-state index contributed by atoms with van der Waals surface area (Å²) in [5.74, 6) is -0.659. The van der Waals surface area contributed by atoms with E-state index in [1.54, 1.807) is 10.6 Å². The van der Waals surface area contributed by atoms with E-state index in [1.165, 1.54) is 58.9 Å². The Hall–Kier alpha value is -3.83. The van der Waals surface area contributed by atoms with E-state index >= 15 is 0 Å². The number of nitro benzene ring substituents is 1. The summed E-state index contributed by atoms with van der Waals surface area (Å²) >= 11 is 0. The molecule has 1 aromatic heterocycles. The minimum atomic E-state index is -3.79. The summed E-state index contributed by atoms with van der Waals surface area (Å²) in [7, 11) is -3.79. The highest BCUT2D eigenvalue weighted by molar-refractivity contribution is 7.89. The van der Waals surface area contributed by atoms with E-state index in [2.05, 4.69) is 5.32 Å². The summed E-state index contributed by atoms with van der Waals surface area (Å²) in [5.41, 5.74) is 0.710. The first-order valence-electron chi connectivity index (χ1n) is 11.1. The first-order valence-corrected chi connectivity index (χ1v) is 12.5. The Labute approximate surface area is 201 Å². The SMILES string of the molecule is O=C(Nc1ccc(S(=O)(=O)N2CC3CC(C2)c2cccc(=O)n2C3)cc1)c1ccccc1[N+](=O)[O-]. The first kappa shape index (κ1) is 22.9. The zero-order valence-corrected chi connectivity index (χ0v) is 19.3. The van der Waals surface area contributed by atoms with Gasteiger partial charge < -0.3 is 9.88 Å². The van der Waals surface area contributed by atoms with Gasteiger partial charge in [0, 0.05) is 49.1 Å². The van der Waals surface area contributed by atoms with Crippen LogP contribution in [0.25, 0.3) is 0 Å². The number of benzene rings is 2. The van der Waals surface area contributed by atoms with Gasteiger partial charge in [-0.2, -0.15) is 4.31 Å². The molecule has 35 heavy (non-hydrogen) atoms. The van der Waals surface area contributed by atoms with Crippen molar-refractivity contribution >= 4 is 27.3 Å². The maximum atomic E-state index is 13.4. The lowest BCUT2D eigenvalue weighted by Crippen LogP contribution is -2.48. The summed E-state index contributed by atoms with van der Waals surface area (Å²) in [6.07, 6.45) is 0.839. The minimum absolute atomic E-state index is 0.0496. The number of sulfonamides is 1. The van der Waals surface area contributed by atoms with Crippen LogP contribution < -0.4 is 10.9 Å². The Kier molecular flexibility index (Phi) is 5.73. The molecule has 1 amide bonds. The molecule has 1 N–H and O–H groups in total. The lowest BCUT2D eigenvalue weighted by Gasteiger charge is -2.42. The number of hydrogen-bond acceptors (Lipinski definition) is 6. The molecule has 0 aliphatic carbocycles. The molecule has 0 spiro atoms. The molecule has 2 aliphatic rings. The Morgan fingerprint density at radius 1 is 0.971 bits per heavy atom. The predicted molar refractivity (Wildman–Crippen MR) is 128 cm³/mol. The smallest absolute Gasteiger partial charge is 0.282 e. The monoisotopic (exact) mass is 494 g/mol. The molecule has 0 saturated carbocycles. The van der Waals surface area contributed by atoms with Crippen molar-refractivity contribution in [3.8, 4) is 0 Å². The van der Waals surface area contributed by atoms with Crippen molar-refractivity contribution in [3.63, 3.8) is 0 Å². The van der Waals surface area contributed by atoms with Crippen LogP contribution in [0.1, 0.15) is 28.4 Å². The van der Waals surface area contributed by atoms with Crippen molar-refractivity contribution in [2.75, 3.05) is 18.4 Å². The third-order valence-electron chi connectivity index (χ3n) is 6.54. The maximum absolute atomic E-state index is 13.4. The molecule has 3 heterocycles. The number of para-hydroxylation sites is 1. The van der Waals surface area contributed by atoms with Gasteiger partial charge in [-0.05, 0) is 48.7 Å². The van der Waals surface area contributed by atoms with E-state index in [9.17, 15) is 28.1 Å². The summed E-state index contributed by atoms with van der Waals surface area (Å²) in [4.78, 5) is 35.4. The number of nitrogens with zero attached hydrogens (tertiary/aromatic N) is 3. The minimum Gasteiger partial charge on any atom is -0.322 e. The Morgan fingerprint density at radius 2 is 1.71 bits per heavy atom. The lowest BCUT2D eigenvalue weighted by atomic mass is 9.84. The fraction of sp³-hybridized carbons (Fsp3) is 0.250. The average Bonchev–Trinajstić information content (AvgIpc) is 2.85. The van der Waals surface area contributed by atoms with Crippen molar-refractivity contribution in [1.82, 2.24) is 8.87 Å². The van der Waals surface area contributed by atoms with E-state index < -0.39 is 20.9 Å². The molecule has 1 saturated heterocycles.